The minimum absolute atomic E-state index is 0.0187. The Hall–Kier alpha value is -3.27. The summed E-state index contributed by atoms with van der Waals surface area (Å²) in [7, 11) is -2.73. The fourth-order valence-electron chi connectivity index (χ4n) is 4.20. The monoisotopic (exact) mass is 605 g/mol. The topological polar surface area (TPSA) is 96.0 Å². The molecule has 40 heavy (non-hydrogen) atoms. The molecule has 0 unspecified atom stereocenters. The summed E-state index contributed by atoms with van der Waals surface area (Å²) in [4.78, 5) is 28.5. The Labute approximate surface area is 245 Å². The summed E-state index contributed by atoms with van der Waals surface area (Å²) in [5.41, 5.74) is 1.57. The Morgan fingerprint density at radius 1 is 0.975 bits per heavy atom. The lowest BCUT2D eigenvalue weighted by molar-refractivity contribution is -0.140. The van der Waals surface area contributed by atoms with E-state index in [0.717, 1.165) is 9.87 Å². The molecule has 0 bridgehead atoms. The van der Waals surface area contributed by atoms with Gasteiger partial charge in [-0.05, 0) is 56.7 Å². The third kappa shape index (κ3) is 7.27. The molecular weight excluding hydrogens is 573 g/mol. The molecule has 1 N–H and O–H groups in total. The second-order valence-corrected chi connectivity index (χ2v) is 11.7. The highest BCUT2D eigenvalue weighted by Gasteiger charge is 2.34. The van der Waals surface area contributed by atoms with Gasteiger partial charge in [0.15, 0.2) is 0 Å². The molecule has 0 saturated carbocycles. The highest BCUT2D eigenvalue weighted by Crippen LogP contribution is 2.30. The van der Waals surface area contributed by atoms with Crippen LogP contribution in [0.2, 0.25) is 10.0 Å². The summed E-state index contributed by atoms with van der Waals surface area (Å²) < 4.78 is 34.2. The summed E-state index contributed by atoms with van der Waals surface area (Å²) in [5, 5.41) is 3.41. The van der Waals surface area contributed by atoms with Gasteiger partial charge < -0.3 is 15.0 Å². The second kappa shape index (κ2) is 13.9. The number of amides is 2. The quantitative estimate of drug-likeness (QED) is 0.296. The molecule has 0 aliphatic heterocycles. The summed E-state index contributed by atoms with van der Waals surface area (Å²) in [5.74, 6) is -0.550. The van der Waals surface area contributed by atoms with Crippen LogP contribution in [0.15, 0.2) is 71.6 Å². The number of carbonyl (C=O) groups excluding carboxylic acids is 2. The predicted octanol–water partition coefficient (Wildman–Crippen LogP) is 5.45. The van der Waals surface area contributed by atoms with E-state index in [4.69, 9.17) is 27.9 Å². The van der Waals surface area contributed by atoms with Gasteiger partial charge in [-0.1, -0.05) is 60.0 Å². The molecule has 0 fully saturated rings. The van der Waals surface area contributed by atoms with Crippen LogP contribution in [0, 0.1) is 6.92 Å². The summed E-state index contributed by atoms with van der Waals surface area (Å²) in [6.45, 7) is 5.09. The molecule has 0 aromatic heterocycles. The average Bonchev–Trinajstić information content (AvgIpc) is 2.93. The van der Waals surface area contributed by atoms with Gasteiger partial charge in [0.25, 0.3) is 10.0 Å². The number of halogens is 2. The number of methoxy groups -OCH3 is 1. The Balaban J connectivity index is 2.12. The first-order valence-electron chi connectivity index (χ1n) is 12.8. The highest BCUT2D eigenvalue weighted by molar-refractivity contribution is 7.92. The van der Waals surface area contributed by atoms with Crippen LogP contribution in [0.3, 0.4) is 0 Å². The van der Waals surface area contributed by atoms with E-state index in [1.165, 1.54) is 30.2 Å². The van der Waals surface area contributed by atoms with E-state index in [-0.39, 0.29) is 29.5 Å². The van der Waals surface area contributed by atoms with Crippen LogP contribution in [0.4, 0.5) is 5.69 Å². The molecule has 0 radical (unpaired) electrons. The smallest absolute Gasteiger partial charge is 0.264 e. The number of likely N-dealkylation sites (N-methyl/N-ethyl adjacent to an activating group) is 1. The van der Waals surface area contributed by atoms with Crippen LogP contribution in [-0.2, 0) is 26.2 Å². The van der Waals surface area contributed by atoms with Crippen molar-refractivity contribution in [2.75, 3.05) is 24.5 Å². The molecule has 214 valence electrons. The summed E-state index contributed by atoms with van der Waals surface area (Å²) >= 11 is 12.8. The minimum Gasteiger partial charge on any atom is -0.497 e. The molecule has 0 heterocycles. The van der Waals surface area contributed by atoms with Crippen molar-refractivity contribution in [2.45, 2.75) is 44.7 Å². The Kier molecular flexibility index (Phi) is 10.8. The number of carbonyl (C=O) groups is 2. The largest absolute Gasteiger partial charge is 0.497 e. The van der Waals surface area contributed by atoms with Gasteiger partial charge in [-0.2, -0.15) is 0 Å². The lowest BCUT2D eigenvalue weighted by Gasteiger charge is -2.33. The maximum Gasteiger partial charge on any atom is 0.264 e. The molecule has 0 aliphatic rings. The van der Waals surface area contributed by atoms with Crippen molar-refractivity contribution >= 4 is 50.7 Å². The van der Waals surface area contributed by atoms with Gasteiger partial charge in [-0.3, -0.25) is 13.9 Å². The number of benzene rings is 3. The maximum absolute atomic E-state index is 14.1. The fourth-order valence-corrected chi connectivity index (χ4v) is 6.12. The lowest BCUT2D eigenvalue weighted by atomic mass is 10.1. The Bertz CT molecular complexity index is 1430. The lowest BCUT2D eigenvalue weighted by Crippen LogP contribution is -2.52. The van der Waals surface area contributed by atoms with Crippen LogP contribution < -0.4 is 14.4 Å². The zero-order valence-corrected chi connectivity index (χ0v) is 25.2. The van der Waals surface area contributed by atoms with Crippen molar-refractivity contribution in [3.05, 3.63) is 87.9 Å². The third-order valence-electron chi connectivity index (χ3n) is 6.36. The van der Waals surface area contributed by atoms with Crippen LogP contribution >= 0.6 is 23.2 Å². The first-order chi connectivity index (χ1) is 19.0. The number of nitrogens with one attached hydrogen (secondary N) is 1. The molecule has 0 aliphatic carbocycles. The number of hydrogen-bond donors (Lipinski definition) is 1. The van der Waals surface area contributed by atoms with Crippen molar-refractivity contribution in [1.29, 1.82) is 0 Å². The molecule has 3 aromatic carbocycles. The minimum atomic E-state index is -4.20. The molecule has 8 nitrogen and oxygen atoms in total. The number of sulfonamides is 1. The van der Waals surface area contributed by atoms with Gasteiger partial charge in [0.05, 0.1) is 17.7 Å². The Morgan fingerprint density at radius 3 is 2.17 bits per heavy atom. The van der Waals surface area contributed by atoms with Gasteiger partial charge in [0.1, 0.15) is 18.3 Å². The van der Waals surface area contributed by atoms with Crippen LogP contribution in [0.1, 0.15) is 31.4 Å². The molecule has 11 heteroatoms. The average molecular weight is 607 g/mol. The first kappa shape index (κ1) is 31.3. The van der Waals surface area contributed by atoms with E-state index in [9.17, 15) is 18.0 Å². The van der Waals surface area contributed by atoms with E-state index in [1.807, 2.05) is 6.92 Å². The van der Waals surface area contributed by atoms with Gasteiger partial charge in [-0.15, -0.1) is 0 Å². The van der Waals surface area contributed by atoms with Crippen LogP contribution in [0.5, 0.6) is 5.75 Å². The molecule has 1 atom stereocenters. The fraction of sp³-hybridized carbons (Fsp3) is 0.310. The van der Waals surface area contributed by atoms with E-state index >= 15 is 0 Å². The van der Waals surface area contributed by atoms with Crippen molar-refractivity contribution in [3.8, 4) is 5.75 Å². The SMILES string of the molecule is CCNC(=O)[C@@H](CC)N(Cc1c(Cl)cccc1Cl)C(=O)CN(c1cccc(OC)c1)S(=O)(=O)c1ccc(C)cc1. The number of rotatable bonds is 12. The predicted molar refractivity (Wildman–Crippen MR) is 158 cm³/mol. The molecule has 3 aromatic rings. The molecule has 3 rings (SSSR count). The van der Waals surface area contributed by atoms with Crippen molar-refractivity contribution in [1.82, 2.24) is 10.2 Å². The number of nitrogens with zero attached hydrogens (tertiary/aromatic N) is 2. The standard InChI is InChI=1S/C29H33Cl2N3O5S/c1-5-27(29(36)32-6-2)33(18-24-25(30)11-8-12-26(24)31)28(35)19-34(21-9-7-10-22(17-21)39-4)40(37,38)23-15-13-20(3)14-16-23/h7-17,27H,5-6,18-19H2,1-4H3,(H,32,36)/t27-/m1/s1. The van der Waals surface area contributed by atoms with E-state index in [2.05, 4.69) is 5.32 Å². The maximum atomic E-state index is 14.1. The highest BCUT2D eigenvalue weighted by atomic mass is 35.5. The van der Waals surface area contributed by atoms with Gasteiger partial charge >= 0.3 is 0 Å². The van der Waals surface area contributed by atoms with Crippen molar-refractivity contribution in [2.24, 2.45) is 0 Å². The third-order valence-corrected chi connectivity index (χ3v) is 8.85. The summed E-state index contributed by atoms with van der Waals surface area (Å²) in [6, 6.07) is 16.9. The van der Waals surface area contributed by atoms with E-state index in [1.54, 1.807) is 62.4 Å². The van der Waals surface area contributed by atoms with Crippen molar-refractivity contribution < 1.29 is 22.7 Å². The van der Waals surface area contributed by atoms with Gasteiger partial charge in [-0.25, -0.2) is 8.42 Å². The zero-order chi connectivity index (χ0) is 29.4. The second-order valence-electron chi connectivity index (χ2n) is 9.07. The number of anilines is 1. The van der Waals surface area contributed by atoms with Crippen LogP contribution in [-0.4, -0.2) is 51.4 Å². The summed E-state index contributed by atoms with van der Waals surface area (Å²) in [6.07, 6.45) is 0.281. The molecule has 0 spiro atoms. The molecule has 2 amide bonds. The van der Waals surface area contributed by atoms with E-state index in [0.29, 0.717) is 27.9 Å². The number of aryl methyl sites for hydroxylation is 1. The Morgan fingerprint density at radius 2 is 1.60 bits per heavy atom. The van der Waals surface area contributed by atoms with E-state index < -0.39 is 28.5 Å². The first-order valence-corrected chi connectivity index (χ1v) is 15.0. The zero-order valence-electron chi connectivity index (χ0n) is 22.9. The molecule has 0 saturated heterocycles. The van der Waals surface area contributed by atoms with Crippen LogP contribution in [0.25, 0.3) is 0 Å². The van der Waals surface area contributed by atoms with Gasteiger partial charge in [0.2, 0.25) is 11.8 Å². The number of ether oxygens (including phenoxy) is 1. The number of hydrogen-bond acceptors (Lipinski definition) is 5. The normalized spacial score (nSPS) is 11.9. The van der Waals surface area contributed by atoms with Crippen molar-refractivity contribution in [3.63, 3.8) is 0 Å². The molecular formula is C29H33Cl2N3O5S. The van der Waals surface area contributed by atoms with Gasteiger partial charge in [0, 0.05) is 34.8 Å².